The van der Waals surface area contributed by atoms with Crippen LogP contribution in [0.2, 0.25) is 0 Å². The highest BCUT2D eigenvalue weighted by atomic mass is 16.6. The molecule has 1 aliphatic rings. The van der Waals surface area contributed by atoms with Gasteiger partial charge in [-0.1, -0.05) is 30.3 Å². The highest BCUT2D eigenvalue weighted by Gasteiger charge is 2.52. The minimum Gasteiger partial charge on any atom is -0.464 e. The minimum absolute atomic E-state index is 0.140. The molecule has 1 heterocycles. The number of amides is 2. The lowest BCUT2D eigenvalue weighted by Crippen LogP contribution is -2.50. The number of esters is 1. The molecular formula is C21H30N2O6. The van der Waals surface area contributed by atoms with E-state index in [0.717, 1.165) is 5.56 Å². The lowest BCUT2D eigenvalue weighted by Gasteiger charge is -2.18. The maximum absolute atomic E-state index is 12.6. The number of rotatable bonds is 12. The molecule has 0 saturated carbocycles. The van der Waals surface area contributed by atoms with Gasteiger partial charge in [0.25, 0.3) is 5.91 Å². The van der Waals surface area contributed by atoms with Crippen molar-refractivity contribution in [2.24, 2.45) is 0 Å². The van der Waals surface area contributed by atoms with E-state index in [2.05, 4.69) is 10.6 Å². The molecule has 1 aromatic carbocycles. The first kappa shape index (κ1) is 22.8. The smallest absolute Gasteiger partial charge is 0.338 e. The first-order valence-electron chi connectivity index (χ1n) is 9.98. The molecule has 0 bridgehead atoms. The quantitative estimate of drug-likeness (QED) is 0.304. The van der Waals surface area contributed by atoms with Crippen LogP contribution in [0.3, 0.4) is 0 Å². The van der Waals surface area contributed by atoms with Gasteiger partial charge < -0.3 is 24.8 Å². The summed E-state index contributed by atoms with van der Waals surface area (Å²) in [5.74, 6) is -1.36. The second-order valence-electron chi connectivity index (χ2n) is 7.04. The Labute approximate surface area is 171 Å². The number of epoxide rings is 1. The van der Waals surface area contributed by atoms with Gasteiger partial charge in [0.2, 0.25) is 5.91 Å². The van der Waals surface area contributed by atoms with E-state index in [9.17, 15) is 14.4 Å². The summed E-state index contributed by atoms with van der Waals surface area (Å²) in [5, 5.41) is 5.53. The van der Waals surface area contributed by atoms with Gasteiger partial charge in [-0.25, -0.2) is 4.79 Å². The summed E-state index contributed by atoms with van der Waals surface area (Å²) in [6, 6.07) is 8.62. The Morgan fingerprint density at radius 3 is 2.52 bits per heavy atom. The van der Waals surface area contributed by atoms with Crippen molar-refractivity contribution in [3.05, 3.63) is 35.9 Å². The van der Waals surface area contributed by atoms with Gasteiger partial charge in [0.05, 0.1) is 12.7 Å². The Morgan fingerprint density at radius 2 is 1.86 bits per heavy atom. The van der Waals surface area contributed by atoms with E-state index in [0.29, 0.717) is 26.0 Å². The average Bonchev–Trinajstić information content (AvgIpc) is 3.49. The average molecular weight is 406 g/mol. The highest BCUT2D eigenvalue weighted by Crippen LogP contribution is 2.23. The molecule has 0 spiro atoms. The summed E-state index contributed by atoms with van der Waals surface area (Å²) in [5.41, 5.74) is 0.912. The molecule has 1 aromatic rings. The third kappa shape index (κ3) is 7.83. The summed E-state index contributed by atoms with van der Waals surface area (Å²) in [4.78, 5) is 36.7. The van der Waals surface area contributed by atoms with Crippen LogP contribution in [0.15, 0.2) is 30.3 Å². The molecule has 2 N–H and O–H groups in total. The molecule has 1 saturated heterocycles. The first-order valence-corrected chi connectivity index (χ1v) is 9.98. The topological polar surface area (TPSA) is 106 Å². The number of carbonyl (C=O) groups excluding carboxylic acids is 3. The molecule has 3 atom stereocenters. The molecule has 1 fully saturated rings. The van der Waals surface area contributed by atoms with Gasteiger partial charge >= 0.3 is 5.97 Å². The van der Waals surface area contributed by atoms with Crippen molar-refractivity contribution in [1.29, 1.82) is 0 Å². The van der Waals surface area contributed by atoms with Crippen molar-refractivity contribution in [3.8, 4) is 0 Å². The molecule has 0 radical (unpaired) electrons. The van der Waals surface area contributed by atoms with E-state index < -0.39 is 30.1 Å². The van der Waals surface area contributed by atoms with Gasteiger partial charge in [0.15, 0.2) is 12.2 Å². The Hall–Kier alpha value is -2.45. The number of carbonyl (C=O) groups is 3. The van der Waals surface area contributed by atoms with E-state index in [1.165, 1.54) is 0 Å². The second-order valence-corrected chi connectivity index (χ2v) is 7.04. The molecule has 2 rings (SSSR count). The number of hydrogen-bond donors (Lipinski definition) is 2. The molecule has 8 heteroatoms. The van der Waals surface area contributed by atoms with Gasteiger partial charge in [0, 0.05) is 19.6 Å². The molecule has 2 amide bonds. The molecule has 1 aliphatic heterocycles. The van der Waals surface area contributed by atoms with E-state index in [-0.39, 0.29) is 18.6 Å². The van der Waals surface area contributed by atoms with Gasteiger partial charge in [0.1, 0.15) is 6.04 Å². The summed E-state index contributed by atoms with van der Waals surface area (Å²) in [6.07, 6.45) is -0.672. The van der Waals surface area contributed by atoms with Gasteiger partial charge in [-0.15, -0.1) is 0 Å². The number of ether oxygens (including phenoxy) is 3. The molecular weight excluding hydrogens is 376 g/mol. The van der Waals surface area contributed by atoms with Gasteiger partial charge in [-0.05, 0) is 32.8 Å². The zero-order valence-corrected chi connectivity index (χ0v) is 17.2. The molecule has 0 aromatic heterocycles. The zero-order valence-electron chi connectivity index (χ0n) is 17.2. The van der Waals surface area contributed by atoms with Gasteiger partial charge in [-0.2, -0.15) is 0 Å². The third-order valence-corrected chi connectivity index (χ3v) is 4.26. The van der Waals surface area contributed by atoms with Crippen LogP contribution in [0.25, 0.3) is 0 Å². The van der Waals surface area contributed by atoms with Crippen LogP contribution in [0, 0.1) is 0 Å². The molecule has 0 aliphatic carbocycles. The Kier molecular flexibility index (Phi) is 9.08. The number of nitrogens with one attached hydrogen (secondary N) is 2. The van der Waals surface area contributed by atoms with Crippen LogP contribution in [-0.2, 0) is 35.0 Å². The van der Waals surface area contributed by atoms with E-state index in [4.69, 9.17) is 14.2 Å². The maximum Gasteiger partial charge on any atom is 0.338 e. The molecule has 29 heavy (non-hydrogen) atoms. The van der Waals surface area contributed by atoms with E-state index >= 15 is 0 Å². The largest absolute Gasteiger partial charge is 0.464 e. The lowest BCUT2D eigenvalue weighted by atomic mass is 10.0. The SMILES string of the molecule is CCOC(=O)[C@H]1O[C@@H]1C(=O)N[C@@H](Cc1ccccc1)C(=O)NCCCOC(C)C. The Balaban J connectivity index is 1.90. The number of benzene rings is 1. The number of hydrogen-bond acceptors (Lipinski definition) is 6. The maximum atomic E-state index is 12.6. The monoisotopic (exact) mass is 406 g/mol. The summed E-state index contributed by atoms with van der Waals surface area (Å²) in [6.45, 7) is 6.79. The van der Waals surface area contributed by atoms with Crippen molar-refractivity contribution < 1.29 is 28.6 Å². The second kappa shape index (κ2) is 11.5. The fraction of sp³-hybridized carbons (Fsp3) is 0.571. The fourth-order valence-electron chi connectivity index (χ4n) is 2.75. The van der Waals surface area contributed by atoms with Crippen LogP contribution >= 0.6 is 0 Å². The highest BCUT2D eigenvalue weighted by molar-refractivity contribution is 5.95. The van der Waals surface area contributed by atoms with Crippen LogP contribution in [0.4, 0.5) is 0 Å². The van der Waals surface area contributed by atoms with Crippen LogP contribution in [0.1, 0.15) is 32.8 Å². The fourth-order valence-corrected chi connectivity index (χ4v) is 2.75. The molecule has 0 unspecified atom stereocenters. The van der Waals surface area contributed by atoms with Crippen molar-refractivity contribution in [2.75, 3.05) is 19.8 Å². The van der Waals surface area contributed by atoms with Crippen molar-refractivity contribution >= 4 is 17.8 Å². The standard InChI is InChI=1S/C21H30N2O6/c1-4-27-21(26)18-17(29-18)20(25)23-16(13-15-9-6-5-7-10-15)19(24)22-11-8-12-28-14(2)3/h5-7,9-10,14,16-18H,4,8,11-13H2,1-3H3,(H,22,24)(H,23,25)/t16-,17-,18-/m0/s1. The minimum atomic E-state index is -0.917. The predicted molar refractivity (Wildman–Crippen MR) is 106 cm³/mol. The predicted octanol–water partition coefficient (Wildman–Crippen LogP) is 0.976. The van der Waals surface area contributed by atoms with Crippen LogP contribution in [0.5, 0.6) is 0 Å². The zero-order chi connectivity index (χ0) is 21.2. The third-order valence-electron chi connectivity index (χ3n) is 4.26. The molecule has 8 nitrogen and oxygen atoms in total. The van der Waals surface area contributed by atoms with Crippen LogP contribution in [-0.4, -0.2) is 61.9 Å². The summed E-state index contributed by atoms with van der Waals surface area (Å²) >= 11 is 0. The van der Waals surface area contributed by atoms with Crippen molar-refractivity contribution in [2.45, 2.75) is 58.0 Å². The lowest BCUT2D eigenvalue weighted by molar-refractivity contribution is -0.144. The van der Waals surface area contributed by atoms with Crippen LogP contribution < -0.4 is 10.6 Å². The van der Waals surface area contributed by atoms with Crippen molar-refractivity contribution in [3.63, 3.8) is 0 Å². The Morgan fingerprint density at radius 1 is 1.14 bits per heavy atom. The summed E-state index contributed by atoms with van der Waals surface area (Å²) in [7, 11) is 0. The first-order chi connectivity index (χ1) is 13.9. The Bertz CT molecular complexity index is 679. The van der Waals surface area contributed by atoms with Crippen molar-refractivity contribution in [1.82, 2.24) is 10.6 Å². The van der Waals surface area contributed by atoms with E-state index in [1.807, 2.05) is 44.2 Å². The van der Waals surface area contributed by atoms with Gasteiger partial charge in [-0.3, -0.25) is 9.59 Å². The molecule has 160 valence electrons. The van der Waals surface area contributed by atoms with E-state index in [1.54, 1.807) is 6.92 Å². The summed E-state index contributed by atoms with van der Waals surface area (Å²) < 4.78 is 15.4. The normalized spacial score (nSPS) is 18.8.